The second-order valence-corrected chi connectivity index (χ2v) is 7.41. The minimum Gasteiger partial charge on any atom is -0.376 e. The first-order valence-electron chi connectivity index (χ1n) is 9.43. The standard InChI is InChI=1S/C22H22ClN3O2/c1-15-8-10-16(11-9-15)21-18(22(27)24-13-17-5-4-12-28-17)14-26(25-21)20-7-3-2-6-19(20)23/h2-3,6-11,14,17H,4-5,12-13H2,1H3,(H,24,27)/t17-/m1/s1. The molecule has 0 radical (unpaired) electrons. The molecule has 2 aromatic carbocycles. The molecule has 1 amide bonds. The summed E-state index contributed by atoms with van der Waals surface area (Å²) in [6.45, 7) is 3.30. The molecule has 144 valence electrons. The first-order valence-corrected chi connectivity index (χ1v) is 9.81. The summed E-state index contributed by atoms with van der Waals surface area (Å²) in [5.74, 6) is -0.163. The van der Waals surface area contributed by atoms with Gasteiger partial charge in [-0.3, -0.25) is 4.79 Å². The molecule has 1 N–H and O–H groups in total. The minimum absolute atomic E-state index is 0.0883. The van der Waals surface area contributed by atoms with Crippen LogP contribution in [0.3, 0.4) is 0 Å². The molecule has 2 heterocycles. The number of benzene rings is 2. The number of nitrogens with zero attached hydrogens (tertiary/aromatic N) is 2. The van der Waals surface area contributed by atoms with E-state index in [1.54, 1.807) is 16.9 Å². The van der Waals surface area contributed by atoms with Crippen molar-refractivity contribution >= 4 is 17.5 Å². The van der Waals surface area contributed by atoms with Crippen LogP contribution in [0.5, 0.6) is 0 Å². The fraction of sp³-hybridized carbons (Fsp3) is 0.273. The van der Waals surface area contributed by atoms with E-state index < -0.39 is 0 Å². The number of rotatable bonds is 5. The van der Waals surface area contributed by atoms with Gasteiger partial charge in [-0.25, -0.2) is 4.68 Å². The number of amides is 1. The van der Waals surface area contributed by atoms with Crippen molar-refractivity contribution in [1.82, 2.24) is 15.1 Å². The number of hydrogen-bond acceptors (Lipinski definition) is 3. The van der Waals surface area contributed by atoms with Crippen LogP contribution in [0.1, 0.15) is 28.8 Å². The van der Waals surface area contributed by atoms with Crippen molar-refractivity contribution in [1.29, 1.82) is 0 Å². The lowest BCUT2D eigenvalue weighted by Crippen LogP contribution is -2.31. The van der Waals surface area contributed by atoms with Crippen LogP contribution in [0.25, 0.3) is 16.9 Å². The molecule has 5 nitrogen and oxygen atoms in total. The van der Waals surface area contributed by atoms with Crippen molar-refractivity contribution < 1.29 is 9.53 Å². The van der Waals surface area contributed by atoms with E-state index in [0.29, 0.717) is 22.8 Å². The van der Waals surface area contributed by atoms with Gasteiger partial charge < -0.3 is 10.1 Å². The van der Waals surface area contributed by atoms with Crippen LogP contribution < -0.4 is 5.32 Å². The van der Waals surface area contributed by atoms with Gasteiger partial charge in [-0.2, -0.15) is 5.10 Å². The zero-order valence-corrected chi connectivity index (χ0v) is 16.4. The van der Waals surface area contributed by atoms with E-state index in [9.17, 15) is 4.79 Å². The molecule has 0 saturated carbocycles. The number of aryl methyl sites for hydroxylation is 1. The quantitative estimate of drug-likeness (QED) is 0.696. The third-order valence-corrected chi connectivity index (χ3v) is 5.22. The molecule has 0 spiro atoms. The highest BCUT2D eigenvalue weighted by molar-refractivity contribution is 6.32. The number of carbonyl (C=O) groups is 1. The van der Waals surface area contributed by atoms with Crippen molar-refractivity contribution in [2.45, 2.75) is 25.9 Å². The van der Waals surface area contributed by atoms with E-state index in [0.717, 1.165) is 36.3 Å². The van der Waals surface area contributed by atoms with Gasteiger partial charge in [0, 0.05) is 24.9 Å². The van der Waals surface area contributed by atoms with Crippen molar-refractivity contribution in [3.05, 3.63) is 70.9 Å². The van der Waals surface area contributed by atoms with Crippen LogP contribution in [-0.2, 0) is 4.74 Å². The molecule has 28 heavy (non-hydrogen) atoms. The molecule has 3 aromatic rings. The summed E-state index contributed by atoms with van der Waals surface area (Å²) in [4.78, 5) is 12.9. The van der Waals surface area contributed by atoms with Gasteiger partial charge in [-0.1, -0.05) is 53.6 Å². The molecule has 0 aliphatic carbocycles. The fourth-order valence-corrected chi connectivity index (χ4v) is 3.56. The number of ether oxygens (including phenoxy) is 1. The average molecular weight is 396 g/mol. The highest BCUT2D eigenvalue weighted by atomic mass is 35.5. The molecular formula is C22H22ClN3O2. The lowest BCUT2D eigenvalue weighted by molar-refractivity contribution is 0.0858. The van der Waals surface area contributed by atoms with Gasteiger partial charge in [-0.15, -0.1) is 0 Å². The number of para-hydroxylation sites is 1. The van der Waals surface area contributed by atoms with Gasteiger partial charge >= 0.3 is 0 Å². The summed E-state index contributed by atoms with van der Waals surface area (Å²) < 4.78 is 7.27. The third-order valence-electron chi connectivity index (χ3n) is 4.90. The largest absolute Gasteiger partial charge is 0.376 e. The summed E-state index contributed by atoms with van der Waals surface area (Å²) in [7, 11) is 0. The Kier molecular flexibility index (Phi) is 5.46. The predicted octanol–water partition coefficient (Wildman–Crippen LogP) is 4.41. The van der Waals surface area contributed by atoms with Crippen LogP contribution in [-0.4, -0.2) is 34.9 Å². The Morgan fingerprint density at radius 3 is 2.75 bits per heavy atom. The zero-order valence-electron chi connectivity index (χ0n) is 15.7. The smallest absolute Gasteiger partial charge is 0.255 e. The lowest BCUT2D eigenvalue weighted by atomic mass is 10.1. The van der Waals surface area contributed by atoms with Crippen LogP contribution >= 0.6 is 11.6 Å². The summed E-state index contributed by atoms with van der Waals surface area (Å²) in [5.41, 5.74) is 3.92. The predicted molar refractivity (Wildman–Crippen MR) is 110 cm³/mol. The first kappa shape index (κ1) is 18.7. The van der Waals surface area contributed by atoms with Gasteiger partial charge in [0.15, 0.2) is 0 Å². The lowest BCUT2D eigenvalue weighted by Gasteiger charge is -2.10. The van der Waals surface area contributed by atoms with Crippen molar-refractivity contribution in [2.24, 2.45) is 0 Å². The van der Waals surface area contributed by atoms with Crippen LogP contribution in [0.15, 0.2) is 54.7 Å². The molecule has 1 fully saturated rings. The number of hydrogen-bond donors (Lipinski definition) is 1. The third kappa shape index (κ3) is 3.96. The number of carbonyl (C=O) groups excluding carboxylic acids is 1. The van der Waals surface area contributed by atoms with Gasteiger partial charge in [0.25, 0.3) is 5.91 Å². The molecule has 1 aromatic heterocycles. The SMILES string of the molecule is Cc1ccc(-c2nn(-c3ccccc3Cl)cc2C(=O)NC[C@H]2CCCO2)cc1. The molecule has 1 aliphatic rings. The average Bonchev–Trinajstić information content (AvgIpc) is 3.37. The number of aromatic nitrogens is 2. The number of nitrogens with one attached hydrogen (secondary N) is 1. The molecule has 1 atom stereocenters. The van der Waals surface area contributed by atoms with Gasteiger partial charge in [-0.05, 0) is 31.9 Å². The Hall–Kier alpha value is -2.63. The summed E-state index contributed by atoms with van der Waals surface area (Å²) in [6.07, 6.45) is 3.84. The molecule has 6 heteroatoms. The maximum absolute atomic E-state index is 12.9. The topological polar surface area (TPSA) is 56.2 Å². The maximum atomic E-state index is 12.9. The van der Waals surface area contributed by atoms with Crippen molar-refractivity contribution in [3.63, 3.8) is 0 Å². The van der Waals surface area contributed by atoms with Crippen LogP contribution in [0.4, 0.5) is 0 Å². The summed E-state index contributed by atoms with van der Waals surface area (Å²) in [5, 5.41) is 8.25. The van der Waals surface area contributed by atoms with E-state index in [4.69, 9.17) is 16.3 Å². The fourth-order valence-electron chi connectivity index (χ4n) is 3.33. The van der Waals surface area contributed by atoms with E-state index >= 15 is 0 Å². The van der Waals surface area contributed by atoms with E-state index in [1.165, 1.54) is 0 Å². The number of halogens is 1. The highest BCUT2D eigenvalue weighted by Gasteiger charge is 2.21. The summed E-state index contributed by atoms with van der Waals surface area (Å²) in [6, 6.07) is 15.4. The Morgan fingerprint density at radius 2 is 2.04 bits per heavy atom. The van der Waals surface area contributed by atoms with Crippen molar-refractivity contribution in [2.75, 3.05) is 13.2 Å². The Morgan fingerprint density at radius 1 is 1.25 bits per heavy atom. The molecule has 1 saturated heterocycles. The summed E-state index contributed by atoms with van der Waals surface area (Å²) >= 11 is 6.34. The highest BCUT2D eigenvalue weighted by Crippen LogP contribution is 2.26. The van der Waals surface area contributed by atoms with Gasteiger partial charge in [0.2, 0.25) is 0 Å². The monoisotopic (exact) mass is 395 g/mol. The normalized spacial score (nSPS) is 16.3. The Balaban J connectivity index is 1.69. The van der Waals surface area contributed by atoms with Crippen LogP contribution in [0.2, 0.25) is 5.02 Å². The molecule has 0 unspecified atom stereocenters. The van der Waals surface area contributed by atoms with E-state index in [2.05, 4.69) is 10.4 Å². The molecule has 1 aliphatic heterocycles. The van der Waals surface area contributed by atoms with E-state index in [1.807, 2.05) is 49.4 Å². The Labute approximate surface area is 169 Å². The second kappa shape index (κ2) is 8.17. The zero-order chi connectivity index (χ0) is 19.5. The molecule has 4 rings (SSSR count). The Bertz CT molecular complexity index is 976. The maximum Gasteiger partial charge on any atom is 0.255 e. The second-order valence-electron chi connectivity index (χ2n) is 7.00. The van der Waals surface area contributed by atoms with Gasteiger partial charge in [0.1, 0.15) is 5.69 Å². The van der Waals surface area contributed by atoms with Crippen molar-refractivity contribution in [3.8, 4) is 16.9 Å². The van der Waals surface area contributed by atoms with Crippen LogP contribution in [0, 0.1) is 6.92 Å². The molecule has 0 bridgehead atoms. The first-order chi connectivity index (χ1) is 13.6. The van der Waals surface area contributed by atoms with E-state index in [-0.39, 0.29) is 12.0 Å². The molecular weight excluding hydrogens is 374 g/mol. The minimum atomic E-state index is -0.163. The van der Waals surface area contributed by atoms with Gasteiger partial charge in [0.05, 0.1) is 22.4 Å².